The normalized spacial score (nSPS) is 10.6. The van der Waals surface area contributed by atoms with Crippen molar-refractivity contribution < 1.29 is 14.3 Å². The largest absolute Gasteiger partial charge is 0.489 e. The topological polar surface area (TPSA) is 59.9 Å². The Balaban J connectivity index is 1.46. The molecule has 0 atom stereocenters. The van der Waals surface area contributed by atoms with Crippen molar-refractivity contribution in [2.24, 2.45) is 5.10 Å². The van der Waals surface area contributed by atoms with Crippen LogP contribution in [0, 0.1) is 0 Å². The third-order valence-corrected chi connectivity index (χ3v) is 3.91. The van der Waals surface area contributed by atoms with Crippen LogP contribution in [0.3, 0.4) is 0 Å². The second kappa shape index (κ2) is 10.1. The molecule has 0 aliphatic heterocycles. The number of nitrogens with zero attached hydrogens (tertiary/aromatic N) is 1. The summed E-state index contributed by atoms with van der Waals surface area (Å²) < 4.78 is 11.1. The van der Waals surface area contributed by atoms with Gasteiger partial charge in [0.15, 0.2) is 6.61 Å². The van der Waals surface area contributed by atoms with Crippen LogP contribution >= 0.6 is 11.6 Å². The number of carbonyl (C=O) groups is 1. The van der Waals surface area contributed by atoms with E-state index in [9.17, 15) is 4.79 Å². The van der Waals surface area contributed by atoms with Gasteiger partial charge in [-0.15, -0.1) is 0 Å². The molecule has 3 aromatic carbocycles. The molecule has 0 aliphatic carbocycles. The standard InChI is InChI=1S/C22H19ClN2O3/c23-19-9-5-11-21(13-19)28-16-22(26)25-24-14-18-8-4-10-20(12-18)27-15-17-6-2-1-3-7-17/h1-14H,15-16H2,(H,25,26)/b24-14-. The molecule has 0 heterocycles. The first kappa shape index (κ1) is 19.5. The van der Waals surface area contributed by atoms with Crippen LogP contribution in [-0.4, -0.2) is 18.7 Å². The van der Waals surface area contributed by atoms with Gasteiger partial charge in [-0.1, -0.05) is 60.1 Å². The second-order valence-corrected chi connectivity index (χ2v) is 6.32. The zero-order valence-electron chi connectivity index (χ0n) is 15.0. The van der Waals surface area contributed by atoms with Gasteiger partial charge in [0.1, 0.15) is 18.1 Å². The summed E-state index contributed by atoms with van der Waals surface area (Å²) in [6.45, 7) is 0.330. The lowest BCUT2D eigenvalue weighted by Gasteiger charge is -2.07. The average Bonchev–Trinajstić information content (AvgIpc) is 2.72. The highest BCUT2D eigenvalue weighted by Crippen LogP contribution is 2.17. The van der Waals surface area contributed by atoms with E-state index in [1.807, 2.05) is 54.6 Å². The molecule has 1 N–H and O–H groups in total. The highest BCUT2D eigenvalue weighted by Gasteiger charge is 2.02. The number of carbonyl (C=O) groups excluding carboxylic acids is 1. The molecule has 3 aromatic rings. The molecule has 0 fully saturated rings. The van der Waals surface area contributed by atoms with Crippen molar-refractivity contribution in [2.45, 2.75) is 6.61 Å². The van der Waals surface area contributed by atoms with Crippen LogP contribution < -0.4 is 14.9 Å². The summed E-state index contributed by atoms with van der Waals surface area (Å²) in [6.07, 6.45) is 1.55. The van der Waals surface area contributed by atoms with Crippen molar-refractivity contribution in [2.75, 3.05) is 6.61 Å². The van der Waals surface area contributed by atoms with Crippen LogP contribution in [0.15, 0.2) is 84.0 Å². The van der Waals surface area contributed by atoms with Gasteiger partial charge >= 0.3 is 0 Å². The van der Waals surface area contributed by atoms with Crippen LogP contribution in [0.1, 0.15) is 11.1 Å². The summed E-state index contributed by atoms with van der Waals surface area (Å²) in [5.74, 6) is 0.881. The number of ether oxygens (including phenoxy) is 2. The number of amides is 1. The van der Waals surface area contributed by atoms with Gasteiger partial charge in [-0.05, 0) is 41.5 Å². The van der Waals surface area contributed by atoms with Crippen LogP contribution in [0.2, 0.25) is 5.02 Å². The van der Waals surface area contributed by atoms with Crippen LogP contribution in [0.25, 0.3) is 0 Å². The molecule has 0 aromatic heterocycles. The maximum Gasteiger partial charge on any atom is 0.277 e. The molecule has 28 heavy (non-hydrogen) atoms. The maximum absolute atomic E-state index is 11.8. The summed E-state index contributed by atoms with van der Waals surface area (Å²) in [5, 5.41) is 4.49. The SMILES string of the molecule is O=C(COc1cccc(Cl)c1)N/N=C\c1cccc(OCc2ccccc2)c1. The van der Waals surface area contributed by atoms with Crippen molar-refractivity contribution in [3.05, 3.63) is 95.0 Å². The number of halogens is 1. The minimum absolute atomic E-state index is 0.155. The molecule has 5 nitrogen and oxygen atoms in total. The second-order valence-electron chi connectivity index (χ2n) is 5.89. The van der Waals surface area contributed by atoms with E-state index in [-0.39, 0.29) is 12.5 Å². The monoisotopic (exact) mass is 394 g/mol. The van der Waals surface area contributed by atoms with E-state index in [0.717, 1.165) is 16.9 Å². The molecule has 0 saturated heterocycles. The molecule has 142 valence electrons. The average molecular weight is 395 g/mol. The van der Waals surface area contributed by atoms with Gasteiger partial charge in [-0.2, -0.15) is 5.10 Å². The van der Waals surface area contributed by atoms with E-state index >= 15 is 0 Å². The molecular formula is C22H19ClN2O3. The predicted molar refractivity (Wildman–Crippen MR) is 110 cm³/mol. The fraction of sp³-hybridized carbons (Fsp3) is 0.0909. The van der Waals surface area contributed by atoms with E-state index in [1.54, 1.807) is 30.5 Å². The quantitative estimate of drug-likeness (QED) is 0.453. The Morgan fingerprint density at radius 3 is 2.46 bits per heavy atom. The molecule has 6 heteroatoms. The smallest absolute Gasteiger partial charge is 0.277 e. The number of benzene rings is 3. The molecule has 0 spiro atoms. The molecule has 3 rings (SSSR count). The first-order valence-electron chi connectivity index (χ1n) is 8.66. The molecule has 0 radical (unpaired) electrons. The van der Waals surface area contributed by atoms with Gasteiger partial charge in [0.25, 0.3) is 5.91 Å². The Hall–Kier alpha value is -3.31. The first-order valence-corrected chi connectivity index (χ1v) is 9.04. The van der Waals surface area contributed by atoms with Crippen molar-refractivity contribution in [3.8, 4) is 11.5 Å². The number of hydrogen-bond donors (Lipinski definition) is 1. The Bertz CT molecular complexity index is 945. The zero-order chi connectivity index (χ0) is 19.6. The Morgan fingerprint density at radius 1 is 0.929 bits per heavy atom. The number of hydrogen-bond acceptors (Lipinski definition) is 4. The summed E-state index contributed by atoms with van der Waals surface area (Å²) in [6, 6.07) is 24.2. The van der Waals surface area contributed by atoms with Gasteiger partial charge in [-0.3, -0.25) is 4.79 Å². The maximum atomic E-state index is 11.8. The lowest BCUT2D eigenvalue weighted by atomic mass is 10.2. The zero-order valence-corrected chi connectivity index (χ0v) is 15.8. The molecule has 0 unspecified atom stereocenters. The molecular weight excluding hydrogens is 376 g/mol. The fourth-order valence-corrected chi connectivity index (χ4v) is 2.52. The van der Waals surface area contributed by atoms with Crippen molar-refractivity contribution in [3.63, 3.8) is 0 Å². The minimum Gasteiger partial charge on any atom is -0.489 e. The van der Waals surface area contributed by atoms with Crippen LogP contribution in [0.5, 0.6) is 11.5 Å². The summed E-state index contributed by atoms with van der Waals surface area (Å²) in [5.41, 5.74) is 4.32. The molecule has 0 bridgehead atoms. The highest BCUT2D eigenvalue weighted by molar-refractivity contribution is 6.30. The summed E-state index contributed by atoms with van der Waals surface area (Å²) in [7, 11) is 0. The van der Waals surface area contributed by atoms with Crippen LogP contribution in [-0.2, 0) is 11.4 Å². The number of hydrazone groups is 1. The third-order valence-electron chi connectivity index (χ3n) is 3.68. The Labute approximate surface area is 168 Å². The van der Waals surface area contributed by atoms with Gasteiger partial charge in [0, 0.05) is 5.02 Å². The van der Waals surface area contributed by atoms with E-state index in [2.05, 4.69) is 10.5 Å². The van der Waals surface area contributed by atoms with Crippen LogP contribution in [0.4, 0.5) is 0 Å². The molecule has 0 saturated carbocycles. The Morgan fingerprint density at radius 2 is 1.68 bits per heavy atom. The van der Waals surface area contributed by atoms with E-state index in [4.69, 9.17) is 21.1 Å². The van der Waals surface area contributed by atoms with E-state index in [1.165, 1.54) is 0 Å². The van der Waals surface area contributed by atoms with E-state index < -0.39 is 0 Å². The first-order chi connectivity index (χ1) is 13.7. The molecule has 0 aliphatic rings. The third kappa shape index (κ3) is 6.45. The summed E-state index contributed by atoms with van der Waals surface area (Å²) in [4.78, 5) is 11.8. The molecule has 1 amide bonds. The van der Waals surface area contributed by atoms with Gasteiger partial charge in [0.2, 0.25) is 0 Å². The summed E-state index contributed by atoms with van der Waals surface area (Å²) >= 11 is 5.87. The Kier molecular flexibility index (Phi) is 7.04. The number of nitrogens with one attached hydrogen (secondary N) is 1. The lowest BCUT2D eigenvalue weighted by molar-refractivity contribution is -0.123. The highest BCUT2D eigenvalue weighted by atomic mass is 35.5. The number of rotatable bonds is 8. The van der Waals surface area contributed by atoms with Crippen molar-refractivity contribution in [1.29, 1.82) is 0 Å². The minimum atomic E-state index is -0.368. The van der Waals surface area contributed by atoms with Gasteiger partial charge in [-0.25, -0.2) is 5.43 Å². The van der Waals surface area contributed by atoms with Gasteiger partial charge in [0.05, 0.1) is 6.21 Å². The van der Waals surface area contributed by atoms with Gasteiger partial charge < -0.3 is 9.47 Å². The fourth-order valence-electron chi connectivity index (χ4n) is 2.34. The predicted octanol–water partition coefficient (Wildman–Crippen LogP) is 4.45. The van der Waals surface area contributed by atoms with E-state index in [0.29, 0.717) is 17.4 Å². The lowest BCUT2D eigenvalue weighted by Crippen LogP contribution is -2.24. The van der Waals surface area contributed by atoms with Crippen molar-refractivity contribution in [1.82, 2.24) is 5.43 Å². The van der Waals surface area contributed by atoms with Crippen molar-refractivity contribution >= 4 is 23.7 Å².